The Morgan fingerprint density at radius 1 is 1.17 bits per heavy atom. The van der Waals surface area contributed by atoms with E-state index in [4.69, 9.17) is 0 Å². The summed E-state index contributed by atoms with van der Waals surface area (Å²) in [7, 11) is -3.52. The zero-order valence-electron chi connectivity index (χ0n) is 7.28. The third kappa shape index (κ3) is 6.57. The summed E-state index contributed by atoms with van der Waals surface area (Å²) in [4.78, 5) is 0. The Morgan fingerprint density at radius 2 is 1.83 bits per heavy atom. The molecule has 12 heavy (non-hydrogen) atoms. The SMILES string of the molecule is CCCCCCS(=O)(=O)OC[O]. The van der Waals surface area contributed by atoms with Gasteiger partial charge in [0.1, 0.15) is 0 Å². The van der Waals surface area contributed by atoms with Crippen LogP contribution in [-0.2, 0) is 19.4 Å². The molecule has 4 nitrogen and oxygen atoms in total. The van der Waals surface area contributed by atoms with Gasteiger partial charge in [-0.15, -0.1) is 0 Å². The van der Waals surface area contributed by atoms with E-state index in [1.807, 2.05) is 6.92 Å². The van der Waals surface area contributed by atoms with Gasteiger partial charge >= 0.3 is 0 Å². The Hall–Kier alpha value is -0.130. The molecule has 0 aliphatic heterocycles. The maximum absolute atomic E-state index is 10.8. The molecule has 0 unspecified atom stereocenters. The van der Waals surface area contributed by atoms with Crippen molar-refractivity contribution in [3.63, 3.8) is 0 Å². The predicted molar refractivity (Wildman–Crippen MR) is 44.6 cm³/mol. The molecule has 0 saturated heterocycles. The molecule has 1 radical (unpaired) electrons. The van der Waals surface area contributed by atoms with E-state index in [-0.39, 0.29) is 5.75 Å². The molecular formula is C7H15O4S. The van der Waals surface area contributed by atoms with Gasteiger partial charge in [-0.2, -0.15) is 8.42 Å². The average Bonchev–Trinajstić information content (AvgIpc) is 1.98. The van der Waals surface area contributed by atoms with Crippen molar-refractivity contribution in [1.29, 1.82) is 0 Å². The summed E-state index contributed by atoms with van der Waals surface area (Å²) in [5.74, 6) is -0.0325. The Kier molecular flexibility index (Phi) is 6.32. The summed E-state index contributed by atoms with van der Waals surface area (Å²) >= 11 is 0. The van der Waals surface area contributed by atoms with Gasteiger partial charge in [0.25, 0.3) is 10.1 Å². The summed E-state index contributed by atoms with van der Waals surface area (Å²) in [6, 6.07) is 0. The zero-order chi connectivity index (χ0) is 9.45. The highest BCUT2D eigenvalue weighted by Gasteiger charge is 2.09. The largest absolute Gasteiger partial charge is 0.269 e. The summed E-state index contributed by atoms with van der Waals surface area (Å²) in [5, 5.41) is 9.83. The van der Waals surface area contributed by atoms with E-state index < -0.39 is 16.9 Å². The molecular weight excluding hydrogens is 180 g/mol. The van der Waals surface area contributed by atoms with Gasteiger partial charge in [0, 0.05) is 0 Å². The fourth-order valence-corrected chi connectivity index (χ4v) is 1.66. The van der Waals surface area contributed by atoms with E-state index in [0.717, 1.165) is 19.3 Å². The van der Waals surface area contributed by atoms with Crippen molar-refractivity contribution in [1.82, 2.24) is 0 Å². The van der Waals surface area contributed by atoms with Crippen molar-refractivity contribution in [3.8, 4) is 0 Å². The van der Waals surface area contributed by atoms with Crippen LogP contribution in [0.4, 0.5) is 0 Å². The molecule has 0 aromatic heterocycles. The fourth-order valence-electron chi connectivity index (χ4n) is 0.838. The molecule has 0 amide bonds. The maximum atomic E-state index is 10.8. The second-order valence-corrected chi connectivity index (χ2v) is 4.32. The van der Waals surface area contributed by atoms with Gasteiger partial charge in [-0.3, -0.25) is 0 Å². The fraction of sp³-hybridized carbons (Fsp3) is 1.00. The van der Waals surface area contributed by atoms with Gasteiger partial charge < -0.3 is 0 Å². The Bertz CT molecular complexity index is 186. The van der Waals surface area contributed by atoms with Crippen molar-refractivity contribution in [2.75, 3.05) is 12.5 Å². The third-order valence-electron chi connectivity index (χ3n) is 1.48. The first-order valence-corrected chi connectivity index (χ1v) is 5.65. The zero-order valence-corrected chi connectivity index (χ0v) is 8.10. The van der Waals surface area contributed by atoms with E-state index in [0.29, 0.717) is 6.42 Å². The minimum Gasteiger partial charge on any atom is -0.238 e. The van der Waals surface area contributed by atoms with Gasteiger partial charge in [0.2, 0.25) is 0 Å². The van der Waals surface area contributed by atoms with Crippen molar-refractivity contribution in [2.24, 2.45) is 0 Å². The van der Waals surface area contributed by atoms with Gasteiger partial charge in [0.15, 0.2) is 6.79 Å². The van der Waals surface area contributed by atoms with Crippen LogP contribution in [0.2, 0.25) is 0 Å². The van der Waals surface area contributed by atoms with Gasteiger partial charge in [-0.1, -0.05) is 26.2 Å². The molecule has 0 bridgehead atoms. The van der Waals surface area contributed by atoms with E-state index >= 15 is 0 Å². The molecule has 0 spiro atoms. The third-order valence-corrected chi connectivity index (χ3v) is 2.72. The Balaban J connectivity index is 3.48. The van der Waals surface area contributed by atoms with Crippen LogP contribution in [-0.4, -0.2) is 21.0 Å². The van der Waals surface area contributed by atoms with E-state index in [2.05, 4.69) is 4.18 Å². The van der Waals surface area contributed by atoms with Crippen LogP contribution in [0.15, 0.2) is 0 Å². The minimum atomic E-state index is -3.52. The first-order chi connectivity index (χ1) is 5.62. The van der Waals surface area contributed by atoms with E-state index in [1.54, 1.807) is 0 Å². The molecule has 0 fully saturated rings. The lowest BCUT2D eigenvalue weighted by Gasteiger charge is -2.00. The van der Waals surface area contributed by atoms with Crippen LogP contribution in [0.1, 0.15) is 32.6 Å². The summed E-state index contributed by atoms with van der Waals surface area (Å²) in [5.41, 5.74) is 0. The number of rotatable bonds is 7. The van der Waals surface area contributed by atoms with Gasteiger partial charge in [0.05, 0.1) is 5.75 Å². The van der Waals surface area contributed by atoms with E-state index in [1.165, 1.54) is 0 Å². The minimum absolute atomic E-state index is 0.0325. The summed E-state index contributed by atoms with van der Waals surface area (Å²) < 4.78 is 25.6. The van der Waals surface area contributed by atoms with Crippen LogP contribution in [0.25, 0.3) is 0 Å². The molecule has 0 aromatic rings. The van der Waals surface area contributed by atoms with Crippen molar-refractivity contribution in [3.05, 3.63) is 0 Å². The highest BCUT2D eigenvalue weighted by Crippen LogP contribution is 2.03. The topological polar surface area (TPSA) is 63.3 Å². The number of unbranched alkanes of at least 4 members (excludes halogenated alkanes) is 3. The number of hydrogen-bond acceptors (Lipinski definition) is 3. The maximum Gasteiger partial charge on any atom is 0.269 e. The summed E-state index contributed by atoms with van der Waals surface area (Å²) in [6.45, 7) is 1.04. The highest BCUT2D eigenvalue weighted by molar-refractivity contribution is 7.86. The van der Waals surface area contributed by atoms with Gasteiger partial charge in [-0.25, -0.2) is 9.29 Å². The standard InChI is InChI=1S/C7H15O4S/c1-2-3-4-5-6-12(9,10)11-7-8/h2-7H2,1H3. The van der Waals surface area contributed by atoms with Gasteiger partial charge in [-0.05, 0) is 6.42 Å². The van der Waals surface area contributed by atoms with Crippen LogP contribution < -0.4 is 0 Å². The normalized spacial score (nSPS) is 11.8. The monoisotopic (exact) mass is 195 g/mol. The lowest BCUT2D eigenvalue weighted by atomic mass is 10.2. The molecule has 0 saturated carbocycles. The molecule has 0 aromatic carbocycles. The molecule has 73 valence electrons. The first kappa shape index (κ1) is 11.9. The van der Waals surface area contributed by atoms with Crippen LogP contribution >= 0.6 is 0 Å². The molecule has 0 heterocycles. The molecule has 5 heteroatoms. The van der Waals surface area contributed by atoms with Crippen LogP contribution in [0.5, 0.6) is 0 Å². The van der Waals surface area contributed by atoms with Crippen molar-refractivity contribution >= 4 is 10.1 Å². The molecule has 0 rings (SSSR count). The number of hydrogen-bond donors (Lipinski definition) is 0. The lowest BCUT2D eigenvalue weighted by Crippen LogP contribution is -2.10. The first-order valence-electron chi connectivity index (χ1n) is 4.07. The highest BCUT2D eigenvalue weighted by atomic mass is 32.2. The van der Waals surface area contributed by atoms with Crippen LogP contribution in [0, 0.1) is 0 Å². The smallest absolute Gasteiger partial charge is 0.238 e. The van der Waals surface area contributed by atoms with Crippen molar-refractivity contribution in [2.45, 2.75) is 32.6 Å². The Morgan fingerprint density at radius 3 is 2.33 bits per heavy atom. The molecule has 0 N–H and O–H groups in total. The lowest BCUT2D eigenvalue weighted by molar-refractivity contribution is 0.0428. The molecule has 0 atom stereocenters. The van der Waals surface area contributed by atoms with Crippen LogP contribution in [0.3, 0.4) is 0 Å². The second-order valence-electron chi connectivity index (χ2n) is 2.56. The van der Waals surface area contributed by atoms with E-state index in [9.17, 15) is 13.5 Å². The Labute approximate surface area is 73.7 Å². The average molecular weight is 195 g/mol. The molecule has 0 aliphatic rings. The second kappa shape index (κ2) is 6.39. The van der Waals surface area contributed by atoms with Crippen molar-refractivity contribution < 1.29 is 17.7 Å². The summed E-state index contributed by atoms with van der Waals surface area (Å²) in [6.07, 6.45) is 3.53. The molecule has 0 aliphatic carbocycles. The quantitative estimate of drug-likeness (QED) is 0.349. The predicted octanol–water partition coefficient (Wildman–Crippen LogP) is 1.30.